The molecule has 0 saturated carbocycles. The minimum atomic E-state index is 0.754. The van der Waals surface area contributed by atoms with Crippen LogP contribution in [-0.4, -0.2) is 6.26 Å². The zero-order chi connectivity index (χ0) is 7.40. The Morgan fingerprint density at radius 2 is 2.40 bits per heavy atom. The molecule has 0 aromatic heterocycles. The average molecular weight is 172 g/mol. The summed E-state index contributed by atoms with van der Waals surface area (Å²) in [5.41, 5.74) is 1.21. The topological polar surface area (TPSA) is 0 Å². The summed E-state index contributed by atoms with van der Waals surface area (Å²) in [4.78, 5) is 0. The Morgan fingerprint density at radius 3 is 2.90 bits per heavy atom. The van der Waals surface area contributed by atoms with Crippen LogP contribution in [0.2, 0.25) is 5.02 Å². The van der Waals surface area contributed by atoms with E-state index in [4.69, 9.17) is 11.6 Å². The number of rotatable bonds is 2. The molecule has 0 heterocycles. The highest BCUT2D eigenvalue weighted by Gasteiger charge is 1.90. The minimum absolute atomic E-state index is 0.754. The fourth-order valence-electron chi connectivity index (χ4n) is 0.683. The van der Waals surface area contributed by atoms with Gasteiger partial charge in [0, 0.05) is 10.8 Å². The van der Waals surface area contributed by atoms with E-state index >= 15 is 0 Å². The van der Waals surface area contributed by atoms with E-state index in [-0.39, 0.29) is 0 Å². The minimum Gasteiger partial charge on any atom is -0.161 e. The SMILES string of the molecule is CSCc1[c]cc(Cl)cc1. The van der Waals surface area contributed by atoms with Crippen molar-refractivity contribution in [1.82, 2.24) is 0 Å². The largest absolute Gasteiger partial charge is 0.161 e. The molecule has 1 radical (unpaired) electrons. The van der Waals surface area contributed by atoms with Crippen LogP contribution in [0.25, 0.3) is 0 Å². The summed E-state index contributed by atoms with van der Waals surface area (Å²) < 4.78 is 0. The van der Waals surface area contributed by atoms with Crippen LogP contribution in [0.1, 0.15) is 5.56 Å². The van der Waals surface area contributed by atoms with Gasteiger partial charge in [0.15, 0.2) is 0 Å². The fourth-order valence-corrected chi connectivity index (χ4v) is 1.29. The first kappa shape index (κ1) is 7.96. The molecule has 10 heavy (non-hydrogen) atoms. The first-order valence-electron chi connectivity index (χ1n) is 2.98. The Balaban J connectivity index is 2.69. The maximum Gasteiger partial charge on any atom is 0.0412 e. The van der Waals surface area contributed by atoms with Gasteiger partial charge in [-0.15, -0.1) is 0 Å². The van der Waals surface area contributed by atoms with Crippen LogP contribution >= 0.6 is 23.4 Å². The highest BCUT2D eigenvalue weighted by molar-refractivity contribution is 7.97. The van der Waals surface area contributed by atoms with E-state index < -0.39 is 0 Å². The van der Waals surface area contributed by atoms with Gasteiger partial charge in [-0.25, -0.2) is 0 Å². The zero-order valence-electron chi connectivity index (χ0n) is 5.73. The molecule has 0 aliphatic carbocycles. The standard InChI is InChI=1S/C8H8ClS/c1-10-6-7-2-4-8(9)5-3-7/h2,4-5H,6H2,1H3. The molecule has 0 aliphatic heterocycles. The number of benzene rings is 1. The van der Waals surface area contributed by atoms with E-state index in [9.17, 15) is 0 Å². The van der Waals surface area contributed by atoms with Crippen molar-refractivity contribution in [2.45, 2.75) is 5.75 Å². The molecule has 0 saturated heterocycles. The van der Waals surface area contributed by atoms with Crippen LogP contribution in [0.15, 0.2) is 18.2 Å². The number of halogens is 1. The van der Waals surface area contributed by atoms with Gasteiger partial charge in [-0.1, -0.05) is 17.7 Å². The zero-order valence-corrected chi connectivity index (χ0v) is 7.30. The molecule has 0 N–H and O–H groups in total. The van der Waals surface area contributed by atoms with Gasteiger partial charge in [0.05, 0.1) is 0 Å². The van der Waals surface area contributed by atoms with E-state index in [0.717, 1.165) is 10.8 Å². The van der Waals surface area contributed by atoms with E-state index in [1.807, 2.05) is 12.1 Å². The van der Waals surface area contributed by atoms with Crippen molar-refractivity contribution in [2.24, 2.45) is 0 Å². The molecule has 0 bridgehead atoms. The second-order valence-electron chi connectivity index (χ2n) is 1.97. The molecule has 0 atom stereocenters. The lowest BCUT2D eigenvalue weighted by Gasteiger charge is -1.95. The van der Waals surface area contributed by atoms with E-state index in [1.54, 1.807) is 17.8 Å². The van der Waals surface area contributed by atoms with Crippen LogP contribution in [0.4, 0.5) is 0 Å². The van der Waals surface area contributed by atoms with Crippen molar-refractivity contribution in [3.8, 4) is 0 Å². The van der Waals surface area contributed by atoms with Gasteiger partial charge >= 0.3 is 0 Å². The number of thioether (sulfide) groups is 1. The summed E-state index contributed by atoms with van der Waals surface area (Å²) in [6.07, 6.45) is 2.07. The highest BCUT2D eigenvalue weighted by Crippen LogP contribution is 2.12. The van der Waals surface area contributed by atoms with Crippen LogP contribution in [0.3, 0.4) is 0 Å². The van der Waals surface area contributed by atoms with E-state index in [0.29, 0.717) is 0 Å². The molecule has 1 aromatic rings. The van der Waals surface area contributed by atoms with Crippen molar-refractivity contribution in [2.75, 3.05) is 6.26 Å². The maximum absolute atomic E-state index is 5.67. The summed E-state index contributed by atoms with van der Waals surface area (Å²) in [5, 5.41) is 0.754. The van der Waals surface area contributed by atoms with Crippen LogP contribution in [-0.2, 0) is 5.75 Å². The Labute approximate surface area is 70.6 Å². The Kier molecular flexibility index (Phi) is 3.10. The lowest BCUT2D eigenvalue weighted by molar-refractivity contribution is 1.41. The average Bonchev–Trinajstić information content (AvgIpc) is 1.95. The lowest BCUT2D eigenvalue weighted by atomic mass is 10.2. The van der Waals surface area contributed by atoms with Crippen LogP contribution in [0, 0.1) is 6.07 Å². The predicted molar refractivity (Wildman–Crippen MR) is 47.5 cm³/mol. The smallest absolute Gasteiger partial charge is 0.0412 e. The van der Waals surface area contributed by atoms with Gasteiger partial charge in [0.25, 0.3) is 0 Å². The van der Waals surface area contributed by atoms with Crippen molar-refractivity contribution in [3.05, 3.63) is 34.9 Å². The third kappa shape index (κ3) is 2.24. The normalized spacial score (nSPS) is 9.80. The van der Waals surface area contributed by atoms with Gasteiger partial charge in [-0.05, 0) is 30.0 Å². The summed E-state index contributed by atoms with van der Waals surface area (Å²) in [5.74, 6) is 1.01. The molecule has 53 valence electrons. The van der Waals surface area contributed by atoms with Gasteiger partial charge in [-0.3, -0.25) is 0 Å². The molecule has 2 heteroatoms. The quantitative estimate of drug-likeness (QED) is 0.660. The molecule has 0 nitrogen and oxygen atoms in total. The molecule has 0 spiro atoms. The number of hydrogen-bond donors (Lipinski definition) is 0. The second kappa shape index (κ2) is 3.89. The molecule has 1 rings (SSSR count). The molecule has 0 unspecified atom stereocenters. The predicted octanol–water partition coefficient (Wildman–Crippen LogP) is 3.00. The van der Waals surface area contributed by atoms with Crippen molar-refractivity contribution in [1.29, 1.82) is 0 Å². The Hall–Kier alpha value is -0.140. The first-order chi connectivity index (χ1) is 4.83. The third-order valence-electron chi connectivity index (χ3n) is 1.14. The second-order valence-corrected chi connectivity index (χ2v) is 3.27. The van der Waals surface area contributed by atoms with Crippen LogP contribution in [0.5, 0.6) is 0 Å². The van der Waals surface area contributed by atoms with Gasteiger partial charge in [0.1, 0.15) is 0 Å². The Morgan fingerprint density at radius 1 is 1.60 bits per heavy atom. The highest BCUT2D eigenvalue weighted by atomic mass is 35.5. The van der Waals surface area contributed by atoms with Crippen molar-refractivity contribution >= 4 is 23.4 Å². The monoisotopic (exact) mass is 171 g/mol. The lowest BCUT2D eigenvalue weighted by Crippen LogP contribution is -1.77. The van der Waals surface area contributed by atoms with E-state index in [2.05, 4.69) is 12.3 Å². The molecule has 0 aliphatic rings. The number of hydrogen-bond acceptors (Lipinski definition) is 1. The van der Waals surface area contributed by atoms with Gasteiger partial charge in [-0.2, -0.15) is 11.8 Å². The summed E-state index contributed by atoms with van der Waals surface area (Å²) >= 11 is 7.46. The summed E-state index contributed by atoms with van der Waals surface area (Å²) in [6, 6.07) is 8.77. The first-order valence-corrected chi connectivity index (χ1v) is 4.75. The third-order valence-corrected chi connectivity index (χ3v) is 1.97. The van der Waals surface area contributed by atoms with Crippen LogP contribution < -0.4 is 0 Å². The molecular formula is C8H8ClS. The van der Waals surface area contributed by atoms with Crippen molar-refractivity contribution in [3.63, 3.8) is 0 Å². The molecule has 0 amide bonds. The fraction of sp³-hybridized carbons (Fsp3) is 0.250. The maximum atomic E-state index is 5.67. The summed E-state index contributed by atoms with van der Waals surface area (Å²) in [6.45, 7) is 0. The van der Waals surface area contributed by atoms with E-state index in [1.165, 1.54) is 5.56 Å². The summed E-state index contributed by atoms with van der Waals surface area (Å²) in [7, 11) is 0. The van der Waals surface area contributed by atoms with Crippen molar-refractivity contribution < 1.29 is 0 Å². The molecule has 1 aromatic carbocycles. The molecule has 0 fully saturated rings. The van der Waals surface area contributed by atoms with Gasteiger partial charge < -0.3 is 0 Å². The Bertz CT molecular complexity index is 193. The van der Waals surface area contributed by atoms with Gasteiger partial charge in [0.2, 0.25) is 0 Å². The molecular weight excluding hydrogens is 164 g/mol.